The number of hydrogen-bond acceptors (Lipinski definition) is 3. The van der Waals surface area contributed by atoms with Gasteiger partial charge in [0.05, 0.1) is 0 Å². The lowest BCUT2D eigenvalue weighted by Gasteiger charge is -1.82. The van der Waals surface area contributed by atoms with Crippen molar-refractivity contribution in [2.45, 2.75) is 0 Å². The summed E-state index contributed by atoms with van der Waals surface area (Å²) >= 11 is 1.34. The fourth-order valence-electron chi connectivity index (χ4n) is 0.310. The summed E-state index contributed by atoms with van der Waals surface area (Å²) in [6.07, 6.45) is 3.15. The second kappa shape index (κ2) is 2.42. The Morgan fingerprint density at radius 2 is 2.88 bits per heavy atom. The molecule has 0 saturated heterocycles. The van der Waals surface area contributed by atoms with Crippen LogP contribution in [0.4, 0.5) is 5.13 Å². The summed E-state index contributed by atoms with van der Waals surface area (Å²) < 4.78 is 0. The van der Waals surface area contributed by atoms with E-state index in [9.17, 15) is 4.79 Å². The molecule has 4 heteroatoms. The van der Waals surface area contributed by atoms with Crippen LogP contribution < -0.4 is 5.32 Å². The zero-order valence-electron chi connectivity index (χ0n) is 3.92. The Balaban J connectivity index is 2.62. The van der Waals surface area contributed by atoms with Gasteiger partial charge in [0.1, 0.15) is 6.20 Å². The first-order valence-electron chi connectivity index (χ1n) is 1.95. The molecule has 0 aliphatic rings. The molecule has 0 fully saturated rings. The van der Waals surface area contributed by atoms with Crippen LogP contribution in [-0.4, -0.2) is 11.4 Å². The van der Waals surface area contributed by atoms with Crippen molar-refractivity contribution in [3.63, 3.8) is 0 Å². The number of carbonyl (C=O) groups is 1. The lowest BCUT2D eigenvalue weighted by Crippen LogP contribution is -1.90. The second-order valence-corrected chi connectivity index (χ2v) is 1.90. The first kappa shape index (κ1) is 5.24. The van der Waals surface area contributed by atoms with Gasteiger partial charge in [0.25, 0.3) is 0 Å². The maximum Gasteiger partial charge on any atom is 0.213 e. The third-order valence-electron chi connectivity index (χ3n) is 0.572. The highest BCUT2D eigenvalue weighted by atomic mass is 32.1. The first-order chi connectivity index (χ1) is 3.93. The van der Waals surface area contributed by atoms with Crippen LogP contribution in [0.25, 0.3) is 0 Å². The molecule has 0 bridgehead atoms. The standard InChI is InChI=1S/C4H3N2OS/c7-3-6-4-5-1-2-8-4/h2-3H,(H,5,6,7). The van der Waals surface area contributed by atoms with E-state index in [0.717, 1.165) is 0 Å². The van der Waals surface area contributed by atoms with Crippen molar-refractivity contribution in [3.05, 3.63) is 11.6 Å². The molecule has 41 valence electrons. The highest BCUT2D eigenvalue weighted by Crippen LogP contribution is 2.07. The Labute approximate surface area is 50.4 Å². The summed E-state index contributed by atoms with van der Waals surface area (Å²) in [6.45, 7) is 0. The minimum absolute atomic E-state index is 0.583. The van der Waals surface area contributed by atoms with Gasteiger partial charge < -0.3 is 5.32 Å². The molecule has 1 rings (SSSR count). The quantitative estimate of drug-likeness (QED) is 0.588. The molecule has 1 radical (unpaired) electrons. The highest BCUT2D eigenvalue weighted by Gasteiger charge is 1.87. The van der Waals surface area contributed by atoms with Crippen molar-refractivity contribution in [1.29, 1.82) is 0 Å². The van der Waals surface area contributed by atoms with Crippen LogP contribution in [0.1, 0.15) is 0 Å². The van der Waals surface area contributed by atoms with Crippen molar-refractivity contribution in [1.82, 2.24) is 4.98 Å². The average molecular weight is 127 g/mol. The predicted molar refractivity (Wildman–Crippen MR) is 30.6 cm³/mol. The maximum atomic E-state index is 9.71. The minimum atomic E-state index is 0.583. The van der Waals surface area contributed by atoms with Crippen LogP contribution in [-0.2, 0) is 4.79 Å². The number of rotatable bonds is 2. The van der Waals surface area contributed by atoms with Crippen LogP contribution >= 0.6 is 11.3 Å². The molecular formula is C4H3N2OS. The zero-order chi connectivity index (χ0) is 5.82. The predicted octanol–water partition coefficient (Wildman–Crippen LogP) is 0.512. The molecule has 1 heterocycles. The van der Waals surface area contributed by atoms with Crippen molar-refractivity contribution in [2.75, 3.05) is 5.32 Å². The molecule has 0 spiro atoms. The largest absolute Gasteiger partial charge is 0.305 e. The lowest BCUT2D eigenvalue weighted by atomic mass is 11.0. The normalized spacial score (nSPS) is 8.50. The molecule has 0 aliphatic carbocycles. The number of carbonyl (C=O) groups excluding carboxylic acids is 1. The van der Waals surface area contributed by atoms with E-state index in [1.165, 1.54) is 11.3 Å². The van der Waals surface area contributed by atoms with Gasteiger partial charge in [0, 0.05) is 5.38 Å². The number of nitrogens with one attached hydrogen (secondary N) is 1. The second-order valence-electron chi connectivity index (χ2n) is 1.04. The maximum absolute atomic E-state index is 9.71. The Morgan fingerprint density at radius 1 is 2.00 bits per heavy atom. The number of anilines is 1. The Kier molecular flexibility index (Phi) is 1.58. The Bertz CT molecular complexity index is 161. The number of nitrogens with zero attached hydrogens (tertiary/aromatic N) is 1. The molecule has 0 unspecified atom stereocenters. The van der Waals surface area contributed by atoms with Gasteiger partial charge in [-0.25, -0.2) is 4.98 Å². The lowest BCUT2D eigenvalue weighted by molar-refractivity contribution is -0.105. The third-order valence-corrected chi connectivity index (χ3v) is 1.23. The molecule has 1 aromatic heterocycles. The monoisotopic (exact) mass is 127 g/mol. The fraction of sp³-hybridized carbons (Fsp3) is 0. The molecule has 1 N–H and O–H groups in total. The van der Waals surface area contributed by atoms with E-state index in [-0.39, 0.29) is 0 Å². The van der Waals surface area contributed by atoms with Gasteiger partial charge in [0.2, 0.25) is 6.41 Å². The highest BCUT2D eigenvalue weighted by molar-refractivity contribution is 7.13. The van der Waals surface area contributed by atoms with Gasteiger partial charge in [0.15, 0.2) is 5.13 Å². The molecule has 0 aromatic carbocycles. The van der Waals surface area contributed by atoms with Crippen molar-refractivity contribution in [2.24, 2.45) is 0 Å². The van der Waals surface area contributed by atoms with E-state index < -0.39 is 0 Å². The summed E-state index contributed by atoms with van der Waals surface area (Å²) in [6, 6.07) is 0. The third kappa shape index (κ3) is 1.04. The molecule has 3 nitrogen and oxygen atoms in total. The summed E-state index contributed by atoms with van der Waals surface area (Å²) in [5.41, 5.74) is 0. The summed E-state index contributed by atoms with van der Waals surface area (Å²) in [5.74, 6) is 0. The van der Waals surface area contributed by atoms with Crippen molar-refractivity contribution in [3.8, 4) is 0 Å². The number of aromatic nitrogens is 1. The van der Waals surface area contributed by atoms with Crippen LogP contribution in [0, 0.1) is 6.20 Å². The summed E-state index contributed by atoms with van der Waals surface area (Å²) in [4.78, 5) is 13.4. The van der Waals surface area contributed by atoms with Crippen LogP contribution in [0.15, 0.2) is 5.38 Å². The van der Waals surface area contributed by atoms with Crippen molar-refractivity contribution < 1.29 is 4.79 Å². The summed E-state index contributed by atoms with van der Waals surface area (Å²) in [7, 11) is 0. The van der Waals surface area contributed by atoms with E-state index in [2.05, 4.69) is 16.5 Å². The molecule has 1 amide bonds. The van der Waals surface area contributed by atoms with Gasteiger partial charge in [-0.05, 0) is 0 Å². The van der Waals surface area contributed by atoms with Crippen LogP contribution in [0.2, 0.25) is 0 Å². The Morgan fingerprint density at radius 3 is 3.38 bits per heavy atom. The Hall–Kier alpha value is -0.900. The van der Waals surface area contributed by atoms with Gasteiger partial charge in [-0.3, -0.25) is 4.79 Å². The average Bonchev–Trinajstić information content (AvgIpc) is 2.19. The number of thiazole rings is 1. The van der Waals surface area contributed by atoms with E-state index in [1.54, 1.807) is 5.38 Å². The van der Waals surface area contributed by atoms with Crippen LogP contribution in [0.3, 0.4) is 0 Å². The van der Waals surface area contributed by atoms with Gasteiger partial charge in [-0.1, -0.05) is 0 Å². The van der Waals surface area contributed by atoms with Crippen LogP contribution in [0.5, 0.6) is 0 Å². The topological polar surface area (TPSA) is 42.0 Å². The van der Waals surface area contributed by atoms with E-state index in [4.69, 9.17) is 0 Å². The van der Waals surface area contributed by atoms with E-state index in [1.807, 2.05) is 0 Å². The SMILES string of the molecule is O=CNc1n[c]cs1. The smallest absolute Gasteiger partial charge is 0.213 e. The zero-order valence-corrected chi connectivity index (χ0v) is 4.73. The number of hydrogen-bond donors (Lipinski definition) is 1. The minimum Gasteiger partial charge on any atom is -0.305 e. The van der Waals surface area contributed by atoms with Gasteiger partial charge >= 0.3 is 0 Å². The molecule has 0 aliphatic heterocycles. The van der Waals surface area contributed by atoms with E-state index in [0.29, 0.717) is 11.5 Å². The molecule has 8 heavy (non-hydrogen) atoms. The summed E-state index contributed by atoms with van der Waals surface area (Å²) in [5, 5.41) is 4.64. The first-order valence-corrected chi connectivity index (χ1v) is 2.83. The number of amides is 1. The van der Waals surface area contributed by atoms with Gasteiger partial charge in [-0.2, -0.15) is 0 Å². The van der Waals surface area contributed by atoms with Crippen molar-refractivity contribution >= 4 is 22.9 Å². The van der Waals surface area contributed by atoms with E-state index >= 15 is 0 Å². The molecular weight excluding hydrogens is 124 g/mol. The molecule has 0 saturated carbocycles. The molecule has 1 aromatic rings. The van der Waals surface area contributed by atoms with Gasteiger partial charge in [-0.15, -0.1) is 11.3 Å². The molecule has 0 atom stereocenters. The fourth-order valence-corrected chi connectivity index (χ4v) is 0.749.